The second-order valence-electron chi connectivity index (χ2n) is 4.44. The fourth-order valence-electron chi connectivity index (χ4n) is 2.33. The van der Waals surface area contributed by atoms with Crippen LogP contribution in [0.2, 0.25) is 0 Å². The summed E-state index contributed by atoms with van der Waals surface area (Å²) in [5.74, 6) is 1.55. The van der Waals surface area contributed by atoms with Crippen LogP contribution >= 0.6 is 0 Å². The third kappa shape index (κ3) is 1.85. The molecule has 1 N–H and O–H groups in total. The number of amides is 2. The molecule has 0 saturated carbocycles. The second-order valence-corrected chi connectivity index (χ2v) is 4.44. The van der Waals surface area contributed by atoms with Gasteiger partial charge < -0.3 is 19.7 Å². The maximum absolute atomic E-state index is 11.6. The van der Waals surface area contributed by atoms with Crippen LogP contribution in [0.3, 0.4) is 0 Å². The van der Waals surface area contributed by atoms with E-state index in [4.69, 9.17) is 9.47 Å². The van der Waals surface area contributed by atoms with Crippen molar-refractivity contribution in [1.82, 2.24) is 10.2 Å². The van der Waals surface area contributed by atoms with E-state index in [1.165, 1.54) is 0 Å². The molecule has 1 aromatic rings. The third-order valence-corrected chi connectivity index (χ3v) is 3.34. The van der Waals surface area contributed by atoms with Crippen LogP contribution < -0.4 is 14.8 Å². The van der Waals surface area contributed by atoms with Crippen molar-refractivity contribution >= 4 is 6.03 Å². The predicted molar refractivity (Wildman–Crippen MR) is 66.0 cm³/mol. The van der Waals surface area contributed by atoms with Crippen LogP contribution in [0.25, 0.3) is 0 Å². The lowest BCUT2D eigenvalue weighted by Gasteiger charge is -2.20. The molecule has 1 unspecified atom stereocenters. The Bertz CT molecular complexity index is 475. The Morgan fingerprint density at radius 3 is 2.83 bits per heavy atom. The summed E-state index contributed by atoms with van der Waals surface area (Å²) in [6.07, 6.45) is 0. The number of nitrogens with one attached hydrogen (secondary N) is 1. The molecular weight excluding hydrogens is 232 g/mol. The van der Waals surface area contributed by atoms with Crippen LogP contribution in [0.4, 0.5) is 4.79 Å². The average molecular weight is 248 g/mol. The van der Waals surface area contributed by atoms with Crippen LogP contribution in [0.5, 0.6) is 11.5 Å². The van der Waals surface area contributed by atoms with Crippen LogP contribution in [-0.4, -0.2) is 37.2 Å². The van der Waals surface area contributed by atoms with Gasteiger partial charge in [0.2, 0.25) is 0 Å². The first-order valence-electron chi connectivity index (χ1n) is 6.23. The highest BCUT2D eigenvalue weighted by Crippen LogP contribution is 2.33. The number of benzene rings is 1. The van der Waals surface area contributed by atoms with E-state index in [0.29, 0.717) is 19.8 Å². The molecule has 96 valence electrons. The number of rotatable bonds is 2. The number of nitrogens with zero attached hydrogens (tertiary/aromatic N) is 1. The van der Waals surface area contributed by atoms with Crippen molar-refractivity contribution in [2.45, 2.75) is 13.0 Å². The summed E-state index contributed by atoms with van der Waals surface area (Å²) in [6, 6.07) is 5.88. The van der Waals surface area contributed by atoms with Crippen molar-refractivity contribution in [3.63, 3.8) is 0 Å². The van der Waals surface area contributed by atoms with Crippen molar-refractivity contribution in [1.29, 1.82) is 0 Å². The number of hydrogen-bond acceptors (Lipinski definition) is 3. The molecule has 2 heterocycles. The van der Waals surface area contributed by atoms with E-state index in [9.17, 15) is 4.79 Å². The third-order valence-electron chi connectivity index (χ3n) is 3.34. The Morgan fingerprint density at radius 1 is 1.33 bits per heavy atom. The monoisotopic (exact) mass is 248 g/mol. The quantitative estimate of drug-likeness (QED) is 0.863. The molecule has 1 fully saturated rings. The van der Waals surface area contributed by atoms with Crippen LogP contribution in [-0.2, 0) is 0 Å². The first-order valence-corrected chi connectivity index (χ1v) is 6.23. The van der Waals surface area contributed by atoms with Gasteiger partial charge in [0.25, 0.3) is 0 Å². The summed E-state index contributed by atoms with van der Waals surface area (Å²) >= 11 is 0. The largest absolute Gasteiger partial charge is 0.486 e. The number of carbonyl (C=O) groups is 1. The van der Waals surface area contributed by atoms with E-state index in [1.807, 2.05) is 25.1 Å². The molecule has 1 aromatic carbocycles. The van der Waals surface area contributed by atoms with Crippen molar-refractivity contribution in [2.75, 3.05) is 26.3 Å². The first-order chi connectivity index (χ1) is 8.78. The van der Waals surface area contributed by atoms with Gasteiger partial charge in [-0.15, -0.1) is 0 Å². The van der Waals surface area contributed by atoms with E-state index in [0.717, 1.165) is 23.6 Å². The number of ether oxygens (including phenoxy) is 2. The molecule has 18 heavy (non-hydrogen) atoms. The fourth-order valence-corrected chi connectivity index (χ4v) is 2.33. The zero-order chi connectivity index (χ0) is 12.5. The molecule has 0 radical (unpaired) electrons. The summed E-state index contributed by atoms with van der Waals surface area (Å²) in [6.45, 7) is 4.58. The Labute approximate surface area is 106 Å². The normalized spacial score (nSPS) is 21.9. The summed E-state index contributed by atoms with van der Waals surface area (Å²) in [5.41, 5.74) is 1.06. The SMILES string of the molecule is CCN1CC(c2ccc3c(c2)OCCO3)NC1=O. The highest BCUT2D eigenvalue weighted by atomic mass is 16.6. The van der Waals surface area contributed by atoms with Crippen LogP contribution in [0.15, 0.2) is 18.2 Å². The van der Waals surface area contributed by atoms with Crippen molar-refractivity contribution in [3.05, 3.63) is 23.8 Å². The molecule has 3 rings (SSSR count). The number of fused-ring (bicyclic) bond motifs is 1. The number of likely N-dealkylation sites (N-methyl/N-ethyl adjacent to an activating group) is 1. The zero-order valence-corrected chi connectivity index (χ0v) is 10.3. The Hall–Kier alpha value is -1.91. The second kappa shape index (κ2) is 4.40. The minimum atomic E-state index is -0.00242. The van der Waals surface area contributed by atoms with Crippen LogP contribution in [0.1, 0.15) is 18.5 Å². The fraction of sp³-hybridized carbons (Fsp3) is 0.462. The highest BCUT2D eigenvalue weighted by molar-refractivity contribution is 5.77. The minimum absolute atomic E-state index is 0.00242. The molecule has 1 atom stereocenters. The lowest BCUT2D eigenvalue weighted by Crippen LogP contribution is -2.27. The van der Waals surface area contributed by atoms with Gasteiger partial charge in [0.1, 0.15) is 13.2 Å². The Kier molecular flexibility index (Phi) is 2.74. The van der Waals surface area contributed by atoms with Crippen molar-refractivity contribution in [2.24, 2.45) is 0 Å². The molecule has 0 spiro atoms. The predicted octanol–water partition coefficient (Wildman–Crippen LogP) is 1.54. The van der Waals surface area contributed by atoms with Gasteiger partial charge in [-0.25, -0.2) is 4.79 Å². The standard InChI is InChI=1S/C13H16N2O3/c1-2-15-8-10(14-13(15)16)9-3-4-11-12(7-9)18-6-5-17-11/h3-4,7,10H,2,5-6,8H2,1H3,(H,14,16). The van der Waals surface area contributed by atoms with E-state index < -0.39 is 0 Å². The Morgan fingerprint density at radius 2 is 2.11 bits per heavy atom. The molecule has 1 saturated heterocycles. The number of hydrogen-bond donors (Lipinski definition) is 1. The summed E-state index contributed by atoms with van der Waals surface area (Å²) in [4.78, 5) is 13.4. The maximum atomic E-state index is 11.6. The number of carbonyl (C=O) groups excluding carboxylic acids is 1. The van der Waals surface area contributed by atoms with Crippen molar-refractivity contribution < 1.29 is 14.3 Å². The van der Waals surface area contributed by atoms with Gasteiger partial charge in [-0.05, 0) is 24.6 Å². The van der Waals surface area contributed by atoms with E-state index in [2.05, 4.69) is 5.32 Å². The number of urea groups is 1. The summed E-state index contributed by atoms with van der Waals surface area (Å²) in [5, 5.41) is 2.97. The zero-order valence-electron chi connectivity index (χ0n) is 10.3. The summed E-state index contributed by atoms with van der Waals surface area (Å²) < 4.78 is 11.0. The molecule has 5 heteroatoms. The molecular formula is C13H16N2O3. The van der Waals surface area contributed by atoms with Gasteiger partial charge in [0.05, 0.1) is 6.04 Å². The molecule has 2 aliphatic rings. The van der Waals surface area contributed by atoms with Gasteiger partial charge in [-0.1, -0.05) is 6.07 Å². The summed E-state index contributed by atoms with van der Waals surface area (Å²) in [7, 11) is 0. The maximum Gasteiger partial charge on any atom is 0.318 e. The molecule has 0 aromatic heterocycles. The molecule has 0 bridgehead atoms. The van der Waals surface area contributed by atoms with Gasteiger partial charge in [-0.2, -0.15) is 0 Å². The first kappa shape index (κ1) is 11.2. The molecule has 2 amide bonds. The van der Waals surface area contributed by atoms with Gasteiger partial charge in [-0.3, -0.25) is 0 Å². The van der Waals surface area contributed by atoms with Crippen LogP contribution in [0, 0.1) is 0 Å². The van der Waals surface area contributed by atoms with E-state index in [-0.39, 0.29) is 12.1 Å². The topological polar surface area (TPSA) is 50.8 Å². The van der Waals surface area contributed by atoms with E-state index >= 15 is 0 Å². The Balaban J connectivity index is 1.83. The highest BCUT2D eigenvalue weighted by Gasteiger charge is 2.29. The van der Waals surface area contributed by atoms with Gasteiger partial charge >= 0.3 is 6.03 Å². The van der Waals surface area contributed by atoms with Crippen molar-refractivity contribution in [3.8, 4) is 11.5 Å². The van der Waals surface area contributed by atoms with Gasteiger partial charge in [0.15, 0.2) is 11.5 Å². The molecule has 0 aliphatic carbocycles. The molecule has 5 nitrogen and oxygen atoms in total. The molecule has 2 aliphatic heterocycles. The van der Waals surface area contributed by atoms with E-state index in [1.54, 1.807) is 4.90 Å². The minimum Gasteiger partial charge on any atom is -0.486 e. The average Bonchev–Trinajstić information content (AvgIpc) is 2.79. The lowest BCUT2D eigenvalue weighted by molar-refractivity contribution is 0.171. The lowest BCUT2D eigenvalue weighted by atomic mass is 10.1. The van der Waals surface area contributed by atoms with Gasteiger partial charge in [0, 0.05) is 13.1 Å². The smallest absolute Gasteiger partial charge is 0.318 e.